The summed E-state index contributed by atoms with van der Waals surface area (Å²) in [6.45, 7) is 13.2. The van der Waals surface area contributed by atoms with Gasteiger partial charge < -0.3 is 9.53 Å². The van der Waals surface area contributed by atoms with Gasteiger partial charge in [0.1, 0.15) is 12.0 Å². The number of carbonyl (C=O) groups is 1. The minimum Gasteiger partial charge on any atom is -0.496 e. The third kappa shape index (κ3) is 6.09. The van der Waals surface area contributed by atoms with Crippen LogP contribution < -0.4 is 0 Å². The molecule has 0 aromatic rings. The molecule has 0 saturated carbocycles. The molecular weight excluding hydrogens is 260 g/mol. The number of hydrogen-bond acceptors (Lipinski definition) is 2. The van der Waals surface area contributed by atoms with Crippen molar-refractivity contribution < 1.29 is 9.53 Å². The Kier molecular flexibility index (Phi) is 10.2. The Morgan fingerprint density at radius 3 is 2.24 bits per heavy atom. The molecule has 0 aromatic carbocycles. The molecule has 21 heavy (non-hydrogen) atoms. The second kappa shape index (κ2) is 11.5. The predicted molar refractivity (Wildman–Crippen MR) is 90.8 cm³/mol. The summed E-state index contributed by atoms with van der Waals surface area (Å²) >= 11 is 0. The second-order valence-corrected chi connectivity index (χ2v) is 4.18. The molecule has 0 aromatic heterocycles. The molecule has 0 spiro atoms. The van der Waals surface area contributed by atoms with E-state index in [4.69, 9.17) is 4.74 Å². The van der Waals surface area contributed by atoms with Crippen LogP contribution in [0.2, 0.25) is 0 Å². The first kappa shape index (κ1) is 18.7. The van der Waals surface area contributed by atoms with Crippen molar-refractivity contribution in [2.45, 2.75) is 13.3 Å². The van der Waals surface area contributed by atoms with Crippen LogP contribution in [0.3, 0.4) is 0 Å². The van der Waals surface area contributed by atoms with E-state index in [1.54, 1.807) is 31.4 Å². The van der Waals surface area contributed by atoms with Gasteiger partial charge in [0.25, 0.3) is 0 Å². The molecule has 0 fully saturated rings. The quantitative estimate of drug-likeness (QED) is 0.330. The first-order chi connectivity index (χ1) is 10.2. The summed E-state index contributed by atoms with van der Waals surface area (Å²) in [6, 6.07) is 0. The lowest BCUT2D eigenvalue weighted by Gasteiger charge is -2.21. The molecular formula is C19H24O2. The SMILES string of the molecule is C=C/C=C(\C(=C/C=C)OC)C(CC=O)/C(C=C)=C/C=C\C. The minimum absolute atomic E-state index is 0.139. The average molecular weight is 284 g/mol. The Balaban J connectivity index is 5.95. The number of carbonyl (C=O) groups excluding carboxylic acids is 1. The highest BCUT2D eigenvalue weighted by Crippen LogP contribution is 2.30. The summed E-state index contributed by atoms with van der Waals surface area (Å²) in [6.07, 6.45) is 15.7. The minimum atomic E-state index is -0.139. The molecule has 0 heterocycles. The maximum Gasteiger partial charge on any atom is 0.122 e. The third-order valence-electron chi connectivity index (χ3n) is 2.90. The highest BCUT2D eigenvalue weighted by atomic mass is 16.5. The lowest BCUT2D eigenvalue weighted by atomic mass is 9.86. The summed E-state index contributed by atoms with van der Waals surface area (Å²) in [5.41, 5.74) is 1.82. The molecule has 0 radical (unpaired) electrons. The normalized spacial score (nSPS) is 14.7. The summed E-state index contributed by atoms with van der Waals surface area (Å²) in [7, 11) is 1.59. The number of hydrogen-bond donors (Lipinski definition) is 0. The fraction of sp³-hybridized carbons (Fsp3) is 0.211. The Bertz CT molecular complexity index is 488. The second-order valence-electron chi connectivity index (χ2n) is 4.18. The van der Waals surface area contributed by atoms with E-state index in [9.17, 15) is 4.79 Å². The zero-order valence-electron chi connectivity index (χ0n) is 12.9. The van der Waals surface area contributed by atoms with Crippen molar-refractivity contribution in [2.75, 3.05) is 7.11 Å². The largest absolute Gasteiger partial charge is 0.496 e. The van der Waals surface area contributed by atoms with Crippen LogP contribution in [0, 0.1) is 5.92 Å². The Morgan fingerprint density at radius 1 is 1.14 bits per heavy atom. The van der Waals surface area contributed by atoms with Gasteiger partial charge in [-0.1, -0.05) is 62.3 Å². The molecule has 1 atom stereocenters. The van der Waals surface area contributed by atoms with Crippen LogP contribution in [-0.4, -0.2) is 13.4 Å². The topological polar surface area (TPSA) is 26.3 Å². The van der Waals surface area contributed by atoms with Gasteiger partial charge >= 0.3 is 0 Å². The van der Waals surface area contributed by atoms with Gasteiger partial charge in [-0.25, -0.2) is 0 Å². The van der Waals surface area contributed by atoms with Gasteiger partial charge in [-0.3, -0.25) is 0 Å². The zero-order valence-corrected chi connectivity index (χ0v) is 12.9. The first-order valence-electron chi connectivity index (χ1n) is 6.78. The van der Waals surface area contributed by atoms with Gasteiger partial charge in [0.2, 0.25) is 0 Å². The molecule has 0 rings (SSSR count). The molecule has 0 aliphatic heterocycles. The van der Waals surface area contributed by atoms with E-state index >= 15 is 0 Å². The Labute approximate surface area is 128 Å². The molecule has 0 saturated heterocycles. The third-order valence-corrected chi connectivity index (χ3v) is 2.90. The van der Waals surface area contributed by atoms with Crippen LogP contribution in [0.5, 0.6) is 0 Å². The average Bonchev–Trinajstić information content (AvgIpc) is 2.50. The molecule has 0 aliphatic rings. The van der Waals surface area contributed by atoms with Gasteiger partial charge in [-0.2, -0.15) is 0 Å². The highest BCUT2D eigenvalue weighted by Gasteiger charge is 2.20. The van der Waals surface area contributed by atoms with Crippen molar-refractivity contribution in [1.82, 2.24) is 0 Å². The fourth-order valence-corrected chi connectivity index (χ4v) is 1.96. The van der Waals surface area contributed by atoms with Crippen LogP contribution >= 0.6 is 0 Å². The number of rotatable bonds is 10. The van der Waals surface area contributed by atoms with E-state index in [2.05, 4.69) is 19.7 Å². The predicted octanol–water partition coefficient (Wildman–Crippen LogP) is 4.71. The van der Waals surface area contributed by atoms with Gasteiger partial charge in [0, 0.05) is 17.9 Å². The highest BCUT2D eigenvalue weighted by molar-refractivity contribution is 5.55. The van der Waals surface area contributed by atoms with Crippen molar-refractivity contribution in [2.24, 2.45) is 5.92 Å². The van der Waals surface area contributed by atoms with Crippen LogP contribution in [0.4, 0.5) is 0 Å². The monoisotopic (exact) mass is 284 g/mol. The van der Waals surface area contributed by atoms with E-state index in [1.807, 2.05) is 31.2 Å². The first-order valence-corrected chi connectivity index (χ1v) is 6.78. The molecule has 0 N–H and O–H groups in total. The lowest BCUT2D eigenvalue weighted by Crippen LogP contribution is -2.11. The maximum atomic E-state index is 11.1. The van der Waals surface area contributed by atoms with E-state index < -0.39 is 0 Å². The molecule has 0 amide bonds. The summed E-state index contributed by atoms with van der Waals surface area (Å²) in [4.78, 5) is 11.1. The van der Waals surface area contributed by atoms with E-state index in [0.717, 1.165) is 17.4 Å². The van der Waals surface area contributed by atoms with Gasteiger partial charge in [-0.05, 0) is 18.6 Å². The standard InChI is InChI=1S/C19H24O2/c1-6-10-13-16(9-4)17(14-15-20)18(11-7-2)19(21-5)12-8-3/h6-13,15,17H,2-4,14H2,1,5H3/b10-6-,16-13+,18-11-,19-12+. The van der Waals surface area contributed by atoms with Gasteiger partial charge in [-0.15, -0.1) is 0 Å². The van der Waals surface area contributed by atoms with E-state index in [-0.39, 0.29) is 5.92 Å². The lowest BCUT2D eigenvalue weighted by molar-refractivity contribution is -0.108. The van der Waals surface area contributed by atoms with E-state index in [1.165, 1.54) is 0 Å². The molecule has 0 bridgehead atoms. The number of ether oxygens (including phenoxy) is 1. The summed E-state index contributed by atoms with van der Waals surface area (Å²) in [5, 5.41) is 0. The van der Waals surface area contributed by atoms with E-state index in [0.29, 0.717) is 12.2 Å². The van der Waals surface area contributed by atoms with Crippen molar-refractivity contribution in [3.05, 3.63) is 85.3 Å². The zero-order chi connectivity index (χ0) is 16.1. The molecule has 2 nitrogen and oxygen atoms in total. The van der Waals surface area contributed by atoms with Gasteiger partial charge in [0.05, 0.1) is 7.11 Å². The van der Waals surface area contributed by atoms with Crippen LogP contribution in [0.15, 0.2) is 85.3 Å². The van der Waals surface area contributed by atoms with Gasteiger partial charge in [0.15, 0.2) is 0 Å². The number of methoxy groups -OCH3 is 1. The summed E-state index contributed by atoms with van der Waals surface area (Å²) < 4.78 is 5.41. The molecule has 1 unspecified atom stereocenters. The van der Waals surface area contributed by atoms with Crippen LogP contribution in [0.1, 0.15) is 13.3 Å². The Hall–Kier alpha value is -2.35. The fourth-order valence-electron chi connectivity index (χ4n) is 1.96. The van der Waals surface area contributed by atoms with Crippen molar-refractivity contribution in [1.29, 1.82) is 0 Å². The maximum absolute atomic E-state index is 11.1. The van der Waals surface area contributed by atoms with Crippen molar-refractivity contribution in [3.8, 4) is 0 Å². The van der Waals surface area contributed by atoms with Crippen LogP contribution in [0.25, 0.3) is 0 Å². The van der Waals surface area contributed by atoms with Crippen molar-refractivity contribution in [3.63, 3.8) is 0 Å². The smallest absolute Gasteiger partial charge is 0.122 e. The Morgan fingerprint density at radius 2 is 1.81 bits per heavy atom. The molecule has 0 aliphatic carbocycles. The molecule has 112 valence electrons. The molecule has 2 heteroatoms. The van der Waals surface area contributed by atoms with Crippen LogP contribution in [-0.2, 0) is 9.53 Å². The summed E-state index contributed by atoms with van der Waals surface area (Å²) in [5.74, 6) is 0.519. The number of allylic oxidation sites excluding steroid dienone is 10. The number of aldehydes is 1. The van der Waals surface area contributed by atoms with Crippen molar-refractivity contribution >= 4 is 6.29 Å².